The summed E-state index contributed by atoms with van der Waals surface area (Å²) in [5.41, 5.74) is 0.756. The molecule has 1 amide bonds. The molecule has 0 heterocycles. The summed E-state index contributed by atoms with van der Waals surface area (Å²) in [5.74, 6) is -0.624. The molecule has 2 aromatic rings. The SMILES string of the molecule is CCN(CC)S(=O)(=O)c1cccc(C(=O)N(Cc2ccccc2F)C2CC2)c1. The van der Waals surface area contributed by atoms with E-state index < -0.39 is 10.0 Å². The van der Waals surface area contributed by atoms with Crippen LogP contribution in [0.1, 0.15) is 42.6 Å². The Morgan fingerprint density at radius 3 is 2.36 bits per heavy atom. The Morgan fingerprint density at radius 2 is 1.75 bits per heavy atom. The van der Waals surface area contributed by atoms with Crippen molar-refractivity contribution < 1.29 is 17.6 Å². The average Bonchev–Trinajstić information content (AvgIpc) is 3.53. The first kappa shape index (κ1) is 20.5. The van der Waals surface area contributed by atoms with Crippen molar-refractivity contribution in [2.24, 2.45) is 0 Å². The minimum atomic E-state index is -3.65. The smallest absolute Gasteiger partial charge is 0.254 e. The molecule has 0 radical (unpaired) electrons. The molecule has 0 spiro atoms. The van der Waals surface area contributed by atoms with Gasteiger partial charge in [-0.05, 0) is 37.1 Å². The van der Waals surface area contributed by atoms with Crippen LogP contribution in [0.5, 0.6) is 0 Å². The van der Waals surface area contributed by atoms with Crippen molar-refractivity contribution in [3.8, 4) is 0 Å². The Labute approximate surface area is 165 Å². The van der Waals surface area contributed by atoms with E-state index in [4.69, 9.17) is 0 Å². The fourth-order valence-electron chi connectivity index (χ4n) is 3.23. The average molecular weight is 405 g/mol. The van der Waals surface area contributed by atoms with Gasteiger partial charge in [-0.2, -0.15) is 4.31 Å². The third-order valence-corrected chi connectivity index (χ3v) is 7.02. The van der Waals surface area contributed by atoms with Crippen molar-refractivity contribution in [2.75, 3.05) is 13.1 Å². The second kappa shape index (κ2) is 8.41. The monoisotopic (exact) mass is 404 g/mol. The van der Waals surface area contributed by atoms with E-state index in [1.54, 1.807) is 49.1 Å². The highest BCUT2D eigenvalue weighted by Gasteiger charge is 2.34. The minimum Gasteiger partial charge on any atom is -0.331 e. The zero-order chi connectivity index (χ0) is 20.3. The standard InChI is InChI=1S/C21H25FN2O3S/c1-3-23(4-2)28(26,27)19-10-7-9-16(14-19)21(25)24(18-12-13-18)15-17-8-5-6-11-20(17)22/h5-11,14,18H,3-4,12-13,15H2,1-2H3. The van der Waals surface area contributed by atoms with Crippen molar-refractivity contribution in [3.63, 3.8) is 0 Å². The van der Waals surface area contributed by atoms with Crippen LogP contribution in [-0.2, 0) is 16.6 Å². The number of carbonyl (C=O) groups excluding carboxylic acids is 1. The third-order valence-electron chi connectivity index (χ3n) is 4.97. The van der Waals surface area contributed by atoms with Crippen LogP contribution in [0.3, 0.4) is 0 Å². The summed E-state index contributed by atoms with van der Waals surface area (Å²) in [5, 5.41) is 0. The van der Waals surface area contributed by atoms with E-state index in [0.717, 1.165) is 12.8 Å². The Bertz CT molecular complexity index is 954. The van der Waals surface area contributed by atoms with Crippen LogP contribution in [0.2, 0.25) is 0 Å². The zero-order valence-electron chi connectivity index (χ0n) is 16.1. The highest BCUT2D eigenvalue weighted by Crippen LogP contribution is 2.30. The summed E-state index contributed by atoms with van der Waals surface area (Å²) in [6.45, 7) is 4.44. The van der Waals surface area contributed by atoms with E-state index >= 15 is 0 Å². The molecule has 0 aromatic heterocycles. The summed E-state index contributed by atoms with van der Waals surface area (Å²) in [4.78, 5) is 14.9. The largest absolute Gasteiger partial charge is 0.331 e. The first-order valence-corrected chi connectivity index (χ1v) is 11.0. The summed E-state index contributed by atoms with van der Waals surface area (Å²) in [6, 6.07) is 12.6. The molecule has 5 nitrogen and oxygen atoms in total. The number of rotatable bonds is 8. The number of benzene rings is 2. The first-order valence-electron chi connectivity index (χ1n) is 9.53. The lowest BCUT2D eigenvalue weighted by Crippen LogP contribution is -2.33. The number of hydrogen-bond donors (Lipinski definition) is 0. The molecule has 2 aromatic carbocycles. The summed E-state index contributed by atoms with van der Waals surface area (Å²) >= 11 is 0. The molecule has 0 unspecified atom stereocenters. The molecule has 1 saturated carbocycles. The van der Waals surface area contributed by atoms with Gasteiger partial charge in [0.25, 0.3) is 5.91 Å². The molecule has 0 bridgehead atoms. The van der Waals surface area contributed by atoms with Gasteiger partial charge in [0.2, 0.25) is 10.0 Å². The van der Waals surface area contributed by atoms with Gasteiger partial charge in [-0.25, -0.2) is 12.8 Å². The molecule has 0 saturated heterocycles. The Balaban J connectivity index is 1.89. The van der Waals surface area contributed by atoms with Crippen molar-refractivity contribution in [1.82, 2.24) is 9.21 Å². The van der Waals surface area contributed by atoms with Gasteiger partial charge in [0.1, 0.15) is 5.82 Å². The van der Waals surface area contributed by atoms with E-state index in [9.17, 15) is 17.6 Å². The number of hydrogen-bond acceptors (Lipinski definition) is 3. The Hall–Kier alpha value is -2.25. The van der Waals surface area contributed by atoms with Crippen LogP contribution in [-0.4, -0.2) is 42.7 Å². The quantitative estimate of drug-likeness (QED) is 0.675. The Kier molecular flexibility index (Phi) is 6.15. The van der Waals surface area contributed by atoms with Crippen molar-refractivity contribution >= 4 is 15.9 Å². The number of halogens is 1. The number of carbonyl (C=O) groups is 1. The molecule has 0 aliphatic heterocycles. The van der Waals surface area contributed by atoms with Crippen LogP contribution in [0.15, 0.2) is 53.4 Å². The zero-order valence-corrected chi connectivity index (χ0v) is 17.0. The lowest BCUT2D eigenvalue weighted by atomic mass is 10.1. The number of nitrogens with zero attached hydrogens (tertiary/aromatic N) is 2. The molecule has 28 heavy (non-hydrogen) atoms. The fourth-order valence-corrected chi connectivity index (χ4v) is 4.74. The van der Waals surface area contributed by atoms with Crippen LogP contribution in [0.25, 0.3) is 0 Å². The second-order valence-corrected chi connectivity index (χ2v) is 8.81. The van der Waals surface area contributed by atoms with Gasteiger partial charge >= 0.3 is 0 Å². The van der Waals surface area contributed by atoms with Crippen molar-refractivity contribution in [3.05, 3.63) is 65.5 Å². The predicted molar refractivity (Wildman–Crippen MR) is 106 cm³/mol. The van der Waals surface area contributed by atoms with Gasteiger partial charge in [-0.15, -0.1) is 0 Å². The maximum absolute atomic E-state index is 14.1. The molecular weight excluding hydrogens is 379 g/mol. The summed E-state index contributed by atoms with van der Waals surface area (Å²) in [6.07, 6.45) is 1.75. The van der Waals surface area contributed by atoms with Gasteiger partial charge in [0.15, 0.2) is 0 Å². The maximum atomic E-state index is 14.1. The van der Waals surface area contributed by atoms with Gasteiger partial charge in [0, 0.05) is 36.8 Å². The molecule has 3 rings (SSSR count). The minimum absolute atomic E-state index is 0.0650. The lowest BCUT2D eigenvalue weighted by molar-refractivity contribution is 0.0728. The van der Waals surface area contributed by atoms with Gasteiger partial charge in [-0.3, -0.25) is 4.79 Å². The third kappa shape index (κ3) is 4.25. The highest BCUT2D eigenvalue weighted by molar-refractivity contribution is 7.89. The molecule has 7 heteroatoms. The maximum Gasteiger partial charge on any atom is 0.254 e. The van der Waals surface area contributed by atoms with Crippen LogP contribution in [0.4, 0.5) is 4.39 Å². The molecule has 1 fully saturated rings. The van der Waals surface area contributed by atoms with Gasteiger partial charge in [0.05, 0.1) is 4.90 Å². The van der Waals surface area contributed by atoms with Crippen molar-refractivity contribution in [2.45, 2.75) is 44.2 Å². The molecule has 150 valence electrons. The van der Waals surface area contributed by atoms with E-state index in [-0.39, 0.29) is 29.2 Å². The molecule has 0 N–H and O–H groups in total. The number of amides is 1. The van der Waals surface area contributed by atoms with Gasteiger partial charge in [-0.1, -0.05) is 38.1 Å². The topological polar surface area (TPSA) is 57.7 Å². The lowest BCUT2D eigenvalue weighted by Gasteiger charge is -2.24. The summed E-state index contributed by atoms with van der Waals surface area (Å²) in [7, 11) is -3.65. The molecule has 1 aliphatic rings. The fraction of sp³-hybridized carbons (Fsp3) is 0.381. The van der Waals surface area contributed by atoms with Crippen molar-refractivity contribution in [1.29, 1.82) is 0 Å². The van der Waals surface area contributed by atoms with Crippen LogP contribution < -0.4 is 0 Å². The second-order valence-electron chi connectivity index (χ2n) is 6.87. The molecule has 1 aliphatic carbocycles. The van der Waals surface area contributed by atoms with E-state index in [1.165, 1.54) is 22.5 Å². The molecule has 0 atom stereocenters. The van der Waals surface area contributed by atoms with E-state index in [2.05, 4.69) is 0 Å². The normalized spacial score (nSPS) is 14.3. The van der Waals surface area contributed by atoms with E-state index in [1.807, 2.05) is 0 Å². The number of sulfonamides is 1. The predicted octanol–water partition coefficient (Wildman–Crippen LogP) is 3.66. The molecular formula is C21H25FN2O3S. The summed E-state index contributed by atoms with van der Waals surface area (Å²) < 4.78 is 41.0. The van der Waals surface area contributed by atoms with Gasteiger partial charge < -0.3 is 4.90 Å². The van der Waals surface area contributed by atoms with E-state index in [0.29, 0.717) is 24.2 Å². The van der Waals surface area contributed by atoms with Crippen LogP contribution >= 0.6 is 0 Å². The van der Waals surface area contributed by atoms with Crippen LogP contribution in [0, 0.1) is 5.82 Å². The highest BCUT2D eigenvalue weighted by atomic mass is 32.2. The Morgan fingerprint density at radius 1 is 1.07 bits per heavy atom. The first-order chi connectivity index (χ1) is 13.4.